The summed E-state index contributed by atoms with van der Waals surface area (Å²) in [5.74, 6) is 0.834. The fraction of sp³-hybridized carbons (Fsp3) is 0.500. The molecule has 1 heterocycles. The van der Waals surface area contributed by atoms with E-state index in [1.165, 1.54) is 13.4 Å². The summed E-state index contributed by atoms with van der Waals surface area (Å²) in [6.45, 7) is 2.39. The predicted octanol–water partition coefficient (Wildman–Crippen LogP) is 0.663. The molecule has 0 aliphatic heterocycles. The first-order chi connectivity index (χ1) is 7.60. The van der Waals surface area contributed by atoms with Crippen LogP contribution < -0.4 is 15.4 Å². The van der Waals surface area contributed by atoms with Crippen LogP contribution >= 0.6 is 0 Å². The van der Waals surface area contributed by atoms with E-state index >= 15 is 0 Å². The van der Waals surface area contributed by atoms with Gasteiger partial charge in [0.15, 0.2) is 5.82 Å². The molecule has 0 bridgehead atoms. The number of aromatic nitrogens is 2. The van der Waals surface area contributed by atoms with E-state index in [0.29, 0.717) is 23.9 Å². The summed E-state index contributed by atoms with van der Waals surface area (Å²) in [5, 5.41) is 8.74. The van der Waals surface area contributed by atoms with E-state index in [1.807, 2.05) is 18.9 Å². The van der Waals surface area contributed by atoms with Crippen molar-refractivity contribution in [3.05, 3.63) is 6.33 Å². The van der Waals surface area contributed by atoms with Crippen molar-refractivity contribution in [3.8, 4) is 11.9 Å². The molecule has 0 saturated heterocycles. The van der Waals surface area contributed by atoms with Crippen LogP contribution in [0, 0.1) is 17.2 Å². The van der Waals surface area contributed by atoms with Gasteiger partial charge in [0.05, 0.1) is 19.1 Å². The molecule has 0 aromatic carbocycles. The number of hydrogen-bond donors (Lipinski definition) is 1. The summed E-state index contributed by atoms with van der Waals surface area (Å²) in [5.41, 5.74) is 6.22. The highest BCUT2D eigenvalue weighted by atomic mass is 16.5. The van der Waals surface area contributed by atoms with Crippen LogP contribution in [0.5, 0.6) is 5.88 Å². The molecule has 1 unspecified atom stereocenters. The van der Waals surface area contributed by atoms with E-state index in [-0.39, 0.29) is 5.92 Å². The zero-order valence-electron chi connectivity index (χ0n) is 9.64. The molecular formula is C10H15N5O. The van der Waals surface area contributed by atoms with E-state index in [9.17, 15) is 0 Å². The average Bonchev–Trinajstić information content (AvgIpc) is 2.29. The molecule has 6 heteroatoms. The Morgan fingerprint density at radius 2 is 2.31 bits per heavy atom. The smallest absolute Gasteiger partial charge is 0.242 e. The van der Waals surface area contributed by atoms with Gasteiger partial charge in [0.2, 0.25) is 5.88 Å². The maximum Gasteiger partial charge on any atom is 0.242 e. The molecule has 0 spiro atoms. The second-order valence-corrected chi connectivity index (χ2v) is 3.53. The van der Waals surface area contributed by atoms with Gasteiger partial charge in [-0.2, -0.15) is 10.2 Å². The number of nitrogens with zero attached hydrogens (tertiary/aromatic N) is 4. The summed E-state index contributed by atoms with van der Waals surface area (Å²) in [6.07, 6.45) is 1.39. The van der Waals surface area contributed by atoms with E-state index in [1.54, 1.807) is 0 Å². The maximum atomic E-state index is 8.74. The molecule has 0 fully saturated rings. The van der Waals surface area contributed by atoms with Crippen LogP contribution in [0.3, 0.4) is 0 Å². The monoisotopic (exact) mass is 221 g/mol. The first-order valence-corrected chi connectivity index (χ1v) is 4.85. The molecule has 2 N–H and O–H groups in total. The third kappa shape index (κ3) is 2.51. The second kappa shape index (κ2) is 5.16. The molecule has 1 aromatic heterocycles. The quantitative estimate of drug-likeness (QED) is 0.803. The van der Waals surface area contributed by atoms with Gasteiger partial charge in [-0.15, -0.1) is 0 Å². The first kappa shape index (κ1) is 12.0. The van der Waals surface area contributed by atoms with Gasteiger partial charge in [0.1, 0.15) is 12.0 Å². The van der Waals surface area contributed by atoms with Gasteiger partial charge in [0, 0.05) is 13.6 Å². The number of hydrogen-bond acceptors (Lipinski definition) is 6. The standard InChI is InChI=1S/C10H15N5O/c1-7(4-11)5-15(2)9-8(12)10(16-3)14-6-13-9/h6-7H,5,12H2,1-3H3. The van der Waals surface area contributed by atoms with Crippen LogP contribution in [0.4, 0.5) is 11.5 Å². The lowest BCUT2D eigenvalue weighted by Crippen LogP contribution is -2.25. The van der Waals surface area contributed by atoms with E-state index in [4.69, 9.17) is 15.7 Å². The molecule has 0 aliphatic rings. The molecule has 86 valence electrons. The highest BCUT2D eigenvalue weighted by Gasteiger charge is 2.14. The Bertz CT molecular complexity index is 401. The molecule has 0 saturated carbocycles. The first-order valence-electron chi connectivity index (χ1n) is 4.85. The van der Waals surface area contributed by atoms with Crippen LogP contribution in [0.2, 0.25) is 0 Å². The maximum absolute atomic E-state index is 8.74. The summed E-state index contributed by atoms with van der Waals surface area (Å²) in [6, 6.07) is 2.16. The van der Waals surface area contributed by atoms with E-state index < -0.39 is 0 Å². The summed E-state index contributed by atoms with van der Waals surface area (Å²) in [4.78, 5) is 9.78. The van der Waals surface area contributed by atoms with E-state index in [0.717, 1.165) is 0 Å². The summed E-state index contributed by atoms with van der Waals surface area (Å²) in [7, 11) is 3.33. The Morgan fingerprint density at radius 3 is 2.88 bits per heavy atom. The van der Waals surface area contributed by atoms with Gasteiger partial charge in [-0.25, -0.2) is 4.98 Å². The lowest BCUT2D eigenvalue weighted by molar-refractivity contribution is 0.399. The Hall–Kier alpha value is -2.03. The highest BCUT2D eigenvalue weighted by molar-refractivity contribution is 5.67. The number of rotatable bonds is 4. The minimum Gasteiger partial charge on any atom is -0.479 e. The molecule has 1 rings (SSSR count). The number of methoxy groups -OCH3 is 1. The largest absolute Gasteiger partial charge is 0.479 e. The third-order valence-corrected chi connectivity index (χ3v) is 2.15. The van der Waals surface area contributed by atoms with Crippen molar-refractivity contribution in [2.24, 2.45) is 5.92 Å². The van der Waals surface area contributed by atoms with Crippen LogP contribution in [0.25, 0.3) is 0 Å². The number of nitrogen functional groups attached to an aromatic ring is 1. The van der Waals surface area contributed by atoms with Crippen molar-refractivity contribution < 1.29 is 4.74 Å². The lowest BCUT2D eigenvalue weighted by Gasteiger charge is -2.20. The third-order valence-electron chi connectivity index (χ3n) is 2.15. The van der Waals surface area contributed by atoms with Crippen LogP contribution in [-0.2, 0) is 0 Å². The minimum absolute atomic E-state index is 0.0923. The van der Waals surface area contributed by atoms with Crippen molar-refractivity contribution in [1.29, 1.82) is 5.26 Å². The Balaban J connectivity index is 2.92. The zero-order chi connectivity index (χ0) is 12.1. The lowest BCUT2D eigenvalue weighted by atomic mass is 10.2. The van der Waals surface area contributed by atoms with Crippen molar-refractivity contribution in [1.82, 2.24) is 9.97 Å². The van der Waals surface area contributed by atoms with Gasteiger partial charge < -0.3 is 15.4 Å². The Labute approximate surface area is 94.7 Å². The van der Waals surface area contributed by atoms with Crippen molar-refractivity contribution in [2.45, 2.75) is 6.92 Å². The molecule has 1 aromatic rings. The van der Waals surface area contributed by atoms with Crippen molar-refractivity contribution >= 4 is 11.5 Å². The van der Waals surface area contributed by atoms with Gasteiger partial charge in [0.25, 0.3) is 0 Å². The van der Waals surface area contributed by atoms with Crippen molar-refractivity contribution in [3.63, 3.8) is 0 Å². The van der Waals surface area contributed by atoms with Crippen molar-refractivity contribution in [2.75, 3.05) is 31.3 Å². The normalized spacial score (nSPS) is 11.6. The minimum atomic E-state index is -0.0923. The number of nitrogens with two attached hydrogens (primary N) is 1. The molecule has 6 nitrogen and oxygen atoms in total. The van der Waals surface area contributed by atoms with Crippen LogP contribution in [0.1, 0.15) is 6.92 Å². The Morgan fingerprint density at radius 1 is 1.62 bits per heavy atom. The molecule has 16 heavy (non-hydrogen) atoms. The topological polar surface area (TPSA) is 88.1 Å². The fourth-order valence-corrected chi connectivity index (χ4v) is 1.38. The highest BCUT2D eigenvalue weighted by Crippen LogP contribution is 2.26. The molecule has 1 atom stereocenters. The predicted molar refractivity (Wildman–Crippen MR) is 61.0 cm³/mol. The number of ether oxygens (including phenoxy) is 1. The van der Waals surface area contributed by atoms with Crippen LogP contribution in [0.15, 0.2) is 6.33 Å². The van der Waals surface area contributed by atoms with Crippen LogP contribution in [-0.4, -0.2) is 30.7 Å². The van der Waals surface area contributed by atoms with Gasteiger partial charge in [-0.05, 0) is 6.92 Å². The molecule has 0 amide bonds. The second-order valence-electron chi connectivity index (χ2n) is 3.53. The SMILES string of the molecule is COc1ncnc(N(C)CC(C)C#N)c1N. The fourth-order valence-electron chi connectivity index (χ4n) is 1.38. The number of nitriles is 1. The van der Waals surface area contributed by atoms with Gasteiger partial charge in [-0.3, -0.25) is 0 Å². The summed E-state index contributed by atoms with van der Waals surface area (Å²) >= 11 is 0. The zero-order valence-corrected chi connectivity index (χ0v) is 9.64. The molecule has 0 radical (unpaired) electrons. The summed E-state index contributed by atoms with van der Waals surface area (Å²) < 4.78 is 5.00. The number of anilines is 2. The van der Waals surface area contributed by atoms with E-state index in [2.05, 4.69) is 16.0 Å². The molecular weight excluding hydrogens is 206 g/mol. The average molecular weight is 221 g/mol. The molecule has 0 aliphatic carbocycles. The van der Waals surface area contributed by atoms with Gasteiger partial charge in [-0.1, -0.05) is 0 Å². The Kier molecular flexibility index (Phi) is 3.89. The van der Waals surface area contributed by atoms with Gasteiger partial charge >= 0.3 is 0 Å².